The van der Waals surface area contributed by atoms with Gasteiger partial charge in [-0.2, -0.15) is 0 Å². The summed E-state index contributed by atoms with van der Waals surface area (Å²) in [7, 11) is 0. The first-order valence-corrected chi connectivity index (χ1v) is 7.87. The van der Waals surface area contributed by atoms with Gasteiger partial charge in [0.15, 0.2) is 11.5 Å². The van der Waals surface area contributed by atoms with E-state index in [1.807, 2.05) is 36.4 Å². The Labute approximate surface area is 137 Å². The number of fused-ring (bicyclic) bond motifs is 1. The smallest absolute Gasteiger partial charge is 0.231 e. The number of hydrogen-bond acceptors (Lipinski definition) is 3. The van der Waals surface area contributed by atoms with Gasteiger partial charge < -0.3 is 14.8 Å². The summed E-state index contributed by atoms with van der Waals surface area (Å²) >= 11 is 9.48. The van der Waals surface area contributed by atoms with Gasteiger partial charge in [-0.25, -0.2) is 0 Å². The Kier molecular flexibility index (Phi) is 4.38. The van der Waals surface area contributed by atoms with Gasteiger partial charge in [-0.15, -0.1) is 0 Å². The van der Waals surface area contributed by atoms with Crippen LogP contribution in [0.1, 0.15) is 24.1 Å². The Morgan fingerprint density at radius 1 is 1.19 bits per heavy atom. The topological polar surface area (TPSA) is 30.5 Å². The molecule has 0 aromatic heterocycles. The highest BCUT2D eigenvalue weighted by molar-refractivity contribution is 9.10. The van der Waals surface area contributed by atoms with Crippen LogP contribution < -0.4 is 14.8 Å². The second kappa shape index (κ2) is 6.26. The third-order valence-electron chi connectivity index (χ3n) is 3.51. The molecule has 1 unspecified atom stereocenters. The second-order valence-electron chi connectivity index (χ2n) is 4.95. The quantitative estimate of drug-likeness (QED) is 0.850. The molecule has 5 heteroatoms. The van der Waals surface area contributed by atoms with Gasteiger partial charge in [-0.05, 0) is 42.3 Å². The first-order valence-electron chi connectivity index (χ1n) is 6.70. The highest BCUT2D eigenvalue weighted by Gasteiger charge is 2.16. The lowest BCUT2D eigenvalue weighted by Gasteiger charge is -2.15. The maximum atomic E-state index is 5.91. The first-order chi connectivity index (χ1) is 10.1. The summed E-state index contributed by atoms with van der Waals surface area (Å²) in [6.07, 6.45) is 0. The summed E-state index contributed by atoms with van der Waals surface area (Å²) in [4.78, 5) is 0. The fraction of sp³-hybridized carbons (Fsp3) is 0.250. The van der Waals surface area contributed by atoms with Crippen molar-refractivity contribution < 1.29 is 9.47 Å². The monoisotopic (exact) mass is 367 g/mol. The largest absolute Gasteiger partial charge is 0.454 e. The van der Waals surface area contributed by atoms with E-state index in [0.717, 1.165) is 33.1 Å². The number of nitrogens with one attached hydrogen (secondary N) is 1. The van der Waals surface area contributed by atoms with Gasteiger partial charge in [-0.1, -0.05) is 39.7 Å². The minimum absolute atomic E-state index is 0.236. The van der Waals surface area contributed by atoms with Crippen LogP contribution in [-0.4, -0.2) is 6.79 Å². The molecule has 1 aliphatic rings. The molecule has 0 saturated heterocycles. The third kappa shape index (κ3) is 3.34. The molecular formula is C16H15BrClNO2. The van der Waals surface area contributed by atoms with E-state index in [1.165, 1.54) is 5.56 Å². The minimum atomic E-state index is 0.236. The average molecular weight is 369 g/mol. The maximum Gasteiger partial charge on any atom is 0.231 e. The number of halogens is 2. The molecule has 1 heterocycles. The highest BCUT2D eigenvalue weighted by atomic mass is 79.9. The summed E-state index contributed by atoms with van der Waals surface area (Å²) in [5, 5.41) is 4.25. The zero-order valence-corrected chi connectivity index (χ0v) is 13.9. The molecular weight excluding hydrogens is 354 g/mol. The van der Waals surface area contributed by atoms with Gasteiger partial charge in [0.25, 0.3) is 0 Å². The average Bonchev–Trinajstić information content (AvgIpc) is 2.92. The van der Waals surface area contributed by atoms with Crippen molar-refractivity contribution in [2.75, 3.05) is 6.79 Å². The summed E-state index contributed by atoms with van der Waals surface area (Å²) in [5.41, 5.74) is 2.34. The predicted molar refractivity (Wildman–Crippen MR) is 87.0 cm³/mol. The highest BCUT2D eigenvalue weighted by Crippen LogP contribution is 2.37. The molecule has 3 nitrogen and oxygen atoms in total. The Bertz CT molecular complexity index is 645. The van der Waals surface area contributed by atoms with Crippen molar-refractivity contribution >= 4 is 27.5 Å². The van der Waals surface area contributed by atoms with Gasteiger partial charge in [0, 0.05) is 22.1 Å². The SMILES string of the molecule is CC(NCc1cc2c(cc1Br)OCO2)c1ccc(Cl)cc1. The fourth-order valence-electron chi connectivity index (χ4n) is 2.23. The van der Waals surface area contributed by atoms with Crippen LogP contribution in [0.3, 0.4) is 0 Å². The van der Waals surface area contributed by atoms with E-state index < -0.39 is 0 Å². The molecule has 1 aliphatic heterocycles. The third-order valence-corrected chi connectivity index (χ3v) is 4.50. The fourth-order valence-corrected chi connectivity index (χ4v) is 2.82. The molecule has 1 N–H and O–H groups in total. The van der Waals surface area contributed by atoms with Crippen LogP contribution in [0.2, 0.25) is 5.02 Å². The van der Waals surface area contributed by atoms with E-state index in [1.54, 1.807) is 0 Å². The zero-order valence-electron chi connectivity index (χ0n) is 11.5. The minimum Gasteiger partial charge on any atom is -0.454 e. The van der Waals surface area contributed by atoms with Crippen molar-refractivity contribution in [1.82, 2.24) is 5.32 Å². The van der Waals surface area contributed by atoms with Gasteiger partial charge in [0.1, 0.15) is 0 Å². The standard InChI is InChI=1S/C16H15BrClNO2/c1-10(11-2-4-13(18)5-3-11)19-8-12-6-15-16(7-14(12)17)21-9-20-15/h2-7,10,19H,8-9H2,1H3. The summed E-state index contributed by atoms with van der Waals surface area (Å²) in [6.45, 7) is 3.16. The lowest BCUT2D eigenvalue weighted by molar-refractivity contribution is 0.174. The lowest BCUT2D eigenvalue weighted by Crippen LogP contribution is -2.18. The normalized spacial score (nSPS) is 14.2. The van der Waals surface area contributed by atoms with E-state index in [4.69, 9.17) is 21.1 Å². The van der Waals surface area contributed by atoms with Crippen LogP contribution in [0.25, 0.3) is 0 Å². The first kappa shape index (κ1) is 14.7. The molecule has 2 aromatic rings. The van der Waals surface area contributed by atoms with Crippen LogP contribution in [-0.2, 0) is 6.54 Å². The van der Waals surface area contributed by atoms with E-state index in [9.17, 15) is 0 Å². The van der Waals surface area contributed by atoms with Crippen molar-refractivity contribution in [3.8, 4) is 11.5 Å². The number of rotatable bonds is 4. The summed E-state index contributed by atoms with van der Waals surface area (Å²) in [5.74, 6) is 1.59. The summed E-state index contributed by atoms with van der Waals surface area (Å²) in [6, 6.07) is 12.1. The van der Waals surface area contributed by atoms with Gasteiger partial charge in [0.05, 0.1) is 0 Å². The molecule has 0 aliphatic carbocycles. The molecule has 110 valence electrons. The molecule has 0 spiro atoms. The zero-order chi connectivity index (χ0) is 14.8. The maximum absolute atomic E-state index is 5.91. The number of ether oxygens (including phenoxy) is 2. The molecule has 0 fully saturated rings. The van der Waals surface area contributed by atoms with E-state index in [2.05, 4.69) is 28.2 Å². The number of benzene rings is 2. The Hall–Kier alpha value is -1.23. The van der Waals surface area contributed by atoms with Gasteiger partial charge in [0.2, 0.25) is 6.79 Å². The predicted octanol–water partition coefficient (Wildman–Crippen LogP) is 4.68. The van der Waals surface area contributed by atoms with Crippen LogP contribution in [0.15, 0.2) is 40.9 Å². The Morgan fingerprint density at radius 3 is 2.57 bits per heavy atom. The van der Waals surface area contributed by atoms with Crippen molar-refractivity contribution in [3.05, 3.63) is 57.0 Å². The Morgan fingerprint density at radius 2 is 1.86 bits per heavy atom. The van der Waals surface area contributed by atoms with Crippen LogP contribution >= 0.6 is 27.5 Å². The van der Waals surface area contributed by atoms with E-state index >= 15 is 0 Å². The Balaban J connectivity index is 1.68. The van der Waals surface area contributed by atoms with Crippen molar-refractivity contribution in [3.63, 3.8) is 0 Å². The molecule has 0 bridgehead atoms. The van der Waals surface area contributed by atoms with E-state index in [-0.39, 0.29) is 6.04 Å². The van der Waals surface area contributed by atoms with Gasteiger partial charge in [-0.3, -0.25) is 0 Å². The van der Waals surface area contributed by atoms with Crippen molar-refractivity contribution in [2.45, 2.75) is 19.5 Å². The molecule has 1 atom stereocenters. The molecule has 3 rings (SSSR count). The van der Waals surface area contributed by atoms with Crippen LogP contribution in [0, 0.1) is 0 Å². The van der Waals surface area contributed by atoms with Crippen molar-refractivity contribution in [1.29, 1.82) is 0 Å². The number of hydrogen-bond donors (Lipinski definition) is 1. The molecule has 0 saturated carbocycles. The van der Waals surface area contributed by atoms with E-state index in [0.29, 0.717) is 6.79 Å². The van der Waals surface area contributed by atoms with Crippen LogP contribution in [0.5, 0.6) is 11.5 Å². The van der Waals surface area contributed by atoms with Crippen LogP contribution in [0.4, 0.5) is 0 Å². The van der Waals surface area contributed by atoms with Crippen molar-refractivity contribution in [2.24, 2.45) is 0 Å². The summed E-state index contributed by atoms with van der Waals surface area (Å²) < 4.78 is 11.8. The lowest BCUT2D eigenvalue weighted by atomic mass is 10.1. The molecule has 21 heavy (non-hydrogen) atoms. The molecule has 0 radical (unpaired) electrons. The second-order valence-corrected chi connectivity index (χ2v) is 6.24. The molecule has 2 aromatic carbocycles. The molecule has 0 amide bonds. The van der Waals surface area contributed by atoms with Gasteiger partial charge >= 0.3 is 0 Å².